The second-order valence-electron chi connectivity index (χ2n) is 9.47. The van der Waals surface area contributed by atoms with Gasteiger partial charge in [-0.05, 0) is 20.8 Å². The topological polar surface area (TPSA) is 21.1 Å². The molecule has 21 heavy (non-hydrogen) atoms. The molecule has 0 bridgehead atoms. The zero-order valence-corrected chi connectivity index (χ0v) is 15.5. The van der Waals surface area contributed by atoms with E-state index in [2.05, 4.69) is 71.8 Å². The van der Waals surface area contributed by atoms with Crippen LogP contribution in [-0.2, 0) is 23.9 Å². The molecule has 120 valence electrons. The molecule has 0 unspecified atom stereocenters. The molecule has 0 atom stereocenters. The summed E-state index contributed by atoms with van der Waals surface area (Å²) in [6, 6.07) is 0. The van der Waals surface area contributed by atoms with Crippen LogP contribution >= 0.6 is 0 Å². The lowest BCUT2D eigenvalue weighted by atomic mass is 9.82. The first-order valence-electron chi connectivity index (χ1n) is 8.17. The fraction of sp³-hybridized carbons (Fsp3) is 0.833. The molecule has 1 aromatic rings. The third-order valence-corrected chi connectivity index (χ3v) is 4.34. The average Bonchev–Trinajstić information content (AvgIpc) is 2.64. The molecule has 0 saturated carbocycles. The molecular formula is C18H33N3. The van der Waals surface area contributed by atoms with Gasteiger partial charge in [-0.15, -0.1) is 0 Å². The Morgan fingerprint density at radius 1 is 0.810 bits per heavy atom. The van der Waals surface area contributed by atoms with Crippen molar-refractivity contribution >= 4 is 0 Å². The largest absolute Gasteiger partial charge is 0.329 e. The lowest BCUT2D eigenvalue weighted by Gasteiger charge is -2.39. The van der Waals surface area contributed by atoms with Crippen LogP contribution in [0.25, 0.3) is 0 Å². The monoisotopic (exact) mass is 291 g/mol. The van der Waals surface area contributed by atoms with Gasteiger partial charge in [0.2, 0.25) is 0 Å². The third-order valence-electron chi connectivity index (χ3n) is 4.34. The quantitative estimate of drug-likeness (QED) is 0.718. The summed E-state index contributed by atoms with van der Waals surface area (Å²) in [7, 11) is 0. The van der Waals surface area contributed by atoms with Gasteiger partial charge in [0.05, 0.1) is 12.2 Å². The van der Waals surface area contributed by atoms with Gasteiger partial charge in [0.1, 0.15) is 5.82 Å². The molecule has 1 aliphatic heterocycles. The number of hydrogen-bond acceptors (Lipinski definition) is 2. The Balaban J connectivity index is 2.53. The number of fused-ring (bicyclic) bond motifs is 1. The summed E-state index contributed by atoms with van der Waals surface area (Å²) in [5, 5.41) is 0. The SMILES string of the molecule is CC(C)(C)c1nc2n(c1C(C)(C)C)CCN(C(C)(C)C)C2. The van der Waals surface area contributed by atoms with E-state index in [0.29, 0.717) is 0 Å². The molecule has 0 spiro atoms. The molecule has 2 rings (SSSR count). The van der Waals surface area contributed by atoms with Gasteiger partial charge in [-0.1, -0.05) is 41.5 Å². The standard InChI is InChI=1S/C18H33N3/c1-16(2,3)14-15(17(4,5)6)21-11-10-20(18(7,8)9)12-13(21)19-14/h10-12H2,1-9H3. The highest BCUT2D eigenvalue weighted by Gasteiger charge is 2.35. The van der Waals surface area contributed by atoms with Crippen molar-refractivity contribution in [1.82, 2.24) is 14.5 Å². The predicted octanol–water partition coefficient (Wildman–Crippen LogP) is 4.09. The van der Waals surface area contributed by atoms with Gasteiger partial charge in [0, 0.05) is 35.2 Å². The van der Waals surface area contributed by atoms with Crippen LogP contribution in [0.3, 0.4) is 0 Å². The molecule has 0 fully saturated rings. The van der Waals surface area contributed by atoms with Gasteiger partial charge >= 0.3 is 0 Å². The van der Waals surface area contributed by atoms with E-state index < -0.39 is 0 Å². The maximum Gasteiger partial charge on any atom is 0.123 e. The average molecular weight is 291 g/mol. The van der Waals surface area contributed by atoms with Gasteiger partial charge in [-0.2, -0.15) is 0 Å². The molecule has 0 saturated heterocycles. The maximum absolute atomic E-state index is 5.07. The van der Waals surface area contributed by atoms with Crippen molar-refractivity contribution in [2.45, 2.75) is 91.8 Å². The van der Waals surface area contributed by atoms with Crippen LogP contribution in [0.1, 0.15) is 79.5 Å². The van der Waals surface area contributed by atoms with Crippen LogP contribution in [0.5, 0.6) is 0 Å². The summed E-state index contributed by atoms with van der Waals surface area (Å²) in [5.41, 5.74) is 3.15. The van der Waals surface area contributed by atoms with E-state index in [1.807, 2.05) is 0 Å². The second-order valence-corrected chi connectivity index (χ2v) is 9.47. The molecule has 3 heteroatoms. The van der Waals surface area contributed by atoms with Crippen molar-refractivity contribution in [3.05, 3.63) is 17.2 Å². The Hall–Kier alpha value is -0.830. The summed E-state index contributed by atoms with van der Waals surface area (Å²) >= 11 is 0. The van der Waals surface area contributed by atoms with E-state index in [0.717, 1.165) is 19.6 Å². The van der Waals surface area contributed by atoms with Crippen LogP contribution in [0.4, 0.5) is 0 Å². The number of nitrogens with zero attached hydrogens (tertiary/aromatic N) is 3. The van der Waals surface area contributed by atoms with Gasteiger partial charge in [0.25, 0.3) is 0 Å². The van der Waals surface area contributed by atoms with Crippen molar-refractivity contribution in [3.63, 3.8) is 0 Å². The predicted molar refractivity (Wildman–Crippen MR) is 89.8 cm³/mol. The Labute approximate surface area is 130 Å². The Kier molecular flexibility index (Phi) is 3.81. The van der Waals surface area contributed by atoms with Crippen molar-refractivity contribution in [3.8, 4) is 0 Å². The first-order chi connectivity index (χ1) is 9.32. The zero-order chi connectivity index (χ0) is 16.2. The summed E-state index contributed by atoms with van der Waals surface area (Å²) in [6.07, 6.45) is 0. The second kappa shape index (κ2) is 4.84. The lowest BCUT2D eigenvalue weighted by Crippen LogP contribution is -2.46. The van der Waals surface area contributed by atoms with E-state index in [1.54, 1.807) is 0 Å². The van der Waals surface area contributed by atoms with E-state index in [9.17, 15) is 0 Å². The van der Waals surface area contributed by atoms with E-state index in [-0.39, 0.29) is 16.4 Å². The van der Waals surface area contributed by atoms with E-state index in [1.165, 1.54) is 17.2 Å². The van der Waals surface area contributed by atoms with Crippen LogP contribution in [0.15, 0.2) is 0 Å². The van der Waals surface area contributed by atoms with Crippen LogP contribution in [-0.4, -0.2) is 26.5 Å². The minimum Gasteiger partial charge on any atom is -0.329 e. The van der Waals surface area contributed by atoms with Crippen LogP contribution in [0, 0.1) is 0 Å². The Morgan fingerprint density at radius 3 is 1.81 bits per heavy atom. The summed E-state index contributed by atoms with van der Waals surface area (Å²) < 4.78 is 2.49. The molecule has 0 radical (unpaired) electrons. The number of imidazole rings is 1. The molecule has 0 aromatic carbocycles. The number of aromatic nitrogens is 2. The van der Waals surface area contributed by atoms with Crippen molar-refractivity contribution in [2.24, 2.45) is 0 Å². The fourth-order valence-corrected chi connectivity index (χ4v) is 3.19. The van der Waals surface area contributed by atoms with Gasteiger partial charge in [-0.25, -0.2) is 4.98 Å². The Morgan fingerprint density at radius 2 is 1.38 bits per heavy atom. The van der Waals surface area contributed by atoms with Gasteiger partial charge in [0.15, 0.2) is 0 Å². The summed E-state index contributed by atoms with van der Waals surface area (Å²) in [5.74, 6) is 1.24. The van der Waals surface area contributed by atoms with Crippen molar-refractivity contribution in [1.29, 1.82) is 0 Å². The number of rotatable bonds is 0. The molecule has 2 heterocycles. The lowest BCUT2D eigenvalue weighted by molar-refractivity contribution is 0.0987. The highest BCUT2D eigenvalue weighted by atomic mass is 15.3. The molecule has 0 N–H and O–H groups in total. The molecule has 1 aliphatic rings. The molecular weight excluding hydrogens is 258 g/mol. The zero-order valence-electron chi connectivity index (χ0n) is 15.5. The van der Waals surface area contributed by atoms with Crippen molar-refractivity contribution < 1.29 is 0 Å². The smallest absolute Gasteiger partial charge is 0.123 e. The molecule has 0 amide bonds. The molecule has 1 aromatic heterocycles. The number of hydrogen-bond donors (Lipinski definition) is 0. The van der Waals surface area contributed by atoms with Crippen molar-refractivity contribution in [2.75, 3.05) is 6.54 Å². The Bertz CT molecular complexity index is 518. The summed E-state index contributed by atoms with van der Waals surface area (Å²) in [6.45, 7) is 23.8. The molecule has 0 aliphatic carbocycles. The van der Waals surface area contributed by atoms with E-state index in [4.69, 9.17) is 4.98 Å². The normalized spacial score (nSPS) is 18.0. The van der Waals surface area contributed by atoms with Gasteiger partial charge < -0.3 is 4.57 Å². The fourth-order valence-electron chi connectivity index (χ4n) is 3.19. The highest BCUT2D eigenvalue weighted by molar-refractivity contribution is 5.30. The highest BCUT2D eigenvalue weighted by Crippen LogP contribution is 2.36. The minimum atomic E-state index is 0.0967. The minimum absolute atomic E-state index is 0.0967. The first-order valence-corrected chi connectivity index (χ1v) is 8.17. The van der Waals surface area contributed by atoms with Gasteiger partial charge in [-0.3, -0.25) is 4.90 Å². The third kappa shape index (κ3) is 3.18. The van der Waals surface area contributed by atoms with E-state index >= 15 is 0 Å². The van der Waals surface area contributed by atoms with Crippen LogP contribution in [0.2, 0.25) is 0 Å². The van der Waals surface area contributed by atoms with Crippen LogP contribution < -0.4 is 0 Å². The first kappa shape index (κ1) is 16.5. The maximum atomic E-state index is 5.07. The molecule has 3 nitrogen and oxygen atoms in total. The summed E-state index contributed by atoms with van der Waals surface area (Å²) in [4.78, 5) is 7.61.